The first-order chi connectivity index (χ1) is 11.2. The smallest absolute Gasteiger partial charge is 0.342 e. The quantitative estimate of drug-likeness (QED) is 0.785. The van der Waals surface area contributed by atoms with Crippen molar-refractivity contribution in [3.05, 3.63) is 23.3 Å². The second-order valence-corrected chi connectivity index (χ2v) is 5.85. The van der Waals surface area contributed by atoms with Gasteiger partial charge < -0.3 is 14.2 Å². The lowest BCUT2D eigenvalue weighted by Crippen LogP contribution is -2.22. The van der Waals surface area contributed by atoms with E-state index in [4.69, 9.17) is 14.2 Å². The van der Waals surface area contributed by atoms with E-state index in [0.717, 1.165) is 44.1 Å². The summed E-state index contributed by atoms with van der Waals surface area (Å²) >= 11 is 0. The summed E-state index contributed by atoms with van der Waals surface area (Å²) in [5.41, 5.74) is 1.23. The molecule has 1 unspecified atom stereocenters. The van der Waals surface area contributed by atoms with E-state index in [-0.39, 0.29) is 0 Å². The highest BCUT2D eigenvalue weighted by molar-refractivity contribution is 5.94. The Morgan fingerprint density at radius 2 is 1.87 bits per heavy atom. The normalized spacial score (nSPS) is 19.8. The van der Waals surface area contributed by atoms with Gasteiger partial charge in [-0.2, -0.15) is 0 Å². The molecule has 2 rings (SSSR count). The fourth-order valence-electron chi connectivity index (χ4n) is 2.95. The zero-order valence-electron chi connectivity index (χ0n) is 13.9. The fourth-order valence-corrected chi connectivity index (χ4v) is 2.95. The molecular weight excluding hydrogens is 299 g/mol. The van der Waals surface area contributed by atoms with Crippen LogP contribution in [-0.2, 0) is 11.2 Å². The van der Waals surface area contributed by atoms with Gasteiger partial charge in [-0.25, -0.2) is 9.18 Å². The van der Waals surface area contributed by atoms with E-state index in [9.17, 15) is 9.18 Å². The molecule has 5 heteroatoms. The molecule has 0 N–H and O–H groups in total. The maximum atomic E-state index is 13.1. The summed E-state index contributed by atoms with van der Waals surface area (Å²) in [5, 5.41) is 0. The molecule has 1 atom stereocenters. The van der Waals surface area contributed by atoms with Crippen LogP contribution in [0.3, 0.4) is 0 Å². The minimum atomic E-state index is -0.679. The Morgan fingerprint density at radius 3 is 2.57 bits per heavy atom. The maximum Gasteiger partial charge on any atom is 0.342 e. The molecule has 0 bridgehead atoms. The molecule has 23 heavy (non-hydrogen) atoms. The Kier molecular flexibility index (Phi) is 6.68. The number of halogens is 1. The molecule has 0 spiro atoms. The van der Waals surface area contributed by atoms with Gasteiger partial charge in [-0.1, -0.05) is 19.3 Å². The summed E-state index contributed by atoms with van der Waals surface area (Å²) in [7, 11) is 3.08. The monoisotopic (exact) mass is 324 g/mol. The number of methoxy groups -OCH3 is 2. The standard InChI is InChI=1S/C18H25FO4/c1-21-15-10-13-8-6-4-3-5-7-9-14(12-19)23-18(20)17(13)16(11-15)22-2/h10-11,14H,3-9,12H2,1-2H3. The molecule has 0 fully saturated rings. The highest BCUT2D eigenvalue weighted by atomic mass is 19.1. The summed E-state index contributed by atoms with van der Waals surface area (Å²) < 4.78 is 29.1. The number of carbonyl (C=O) groups excluding carboxylic acids is 1. The van der Waals surface area contributed by atoms with Crippen molar-refractivity contribution in [2.45, 2.75) is 51.0 Å². The van der Waals surface area contributed by atoms with Crippen molar-refractivity contribution in [3.8, 4) is 11.5 Å². The number of ether oxygens (including phenoxy) is 3. The number of benzene rings is 1. The third-order valence-electron chi connectivity index (χ3n) is 4.24. The molecule has 1 aliphatic rings. The Balaban J connectivity index is 2.38. The Bertz CT molecular complexity index is 530. The summed E-state index contributed by atoms with van der Waals surface area (Å²) in [6, 6.07) is 3.51. The molecule has 0 radical (unpaired) electrons. The minimum Gasteiger partial charge on any atom is -0.497 e. The fraction of sp³-hybridized carbons (Fsp3) is 0.611. The molecule has 4 nitrogen and oxygen atoms in total. The van der Waals surface area contributed by atoms with Gasteiger partial charge in [-0.3, -0.25) is 0 Å². The Hall–Kier alpha value is -1.78. The number of alkyl halides is 1. The van der Waals surface area contributed by atoms with Crippen LogP contribution in [0.5, 0.6) is 11.5 Å². The summed E-state index contributed by atoms with van der Waals surface area (Å²) in [4.78, 5) is 12.6. The zero-order valence-corrected chi connectivity index (χ0v) is 13.9. The van der Waals surface area contributed by atoms with Gasteiger partial charge in [0.1, 0.15) is 29.8 Å². The van der Waals surface area contributed by atoms with Crippen molar-refractivity contribution < 1.29 is 23.4 Å². The third-order valence-corrected chi connectivity index (χ3v) is 4.24. The second kappa shape index (κ2) is 8.75. The van der Waals surface area contributed by atoms with Crippen LogP contribution in [0.15, 0.2) is 12.1 Å². The molecule has 0 aromatic heterocycles. The highest BCUT2D eigenvalue weighted by Crippen LogP contribution is 2.31. The number of aryl methyl sites for hydroxylation is 1. The molecule has 0 saturated carbocycles. The number of hydrogen-bond donors (Lipinski definition) is 0. The Morgan fingerprint density at radius 1 is 1.13 bits per heavy atom. The second-order valence-electron chi connectivity index (χ2n) is 5.85. The van der Waals surface area contributed by atoms with Crippen LogP contribution >= 0.6 is 0 Å². The summed E-state index contributed by atoms with van der Waals surface area (Å²) in [6.07, 6.45) is 5.76. The van der Waals surface area contributed by atoms with E-state index < -0.39 is 18.7 Å². The number of cyclic esters (lactones) is 1. The van der Waals surface area contributed by atoms with Crippen molar-refractivity contribution in [2.75, 3.05) is 20.9 Å². The van der Waals surface area contributed by atoms with E-state index in [1.165, 1.54) is 7.11 Å². The highest BCUT2D eigenvalue weighted by Gasteiger charge is 2.24. The lowest BCUT2D eigenvalue weighted by atomic mass is 9.98. The summed E-state index contributed by atoms with van der Waals surface area (Å²) in [5.74, 6) is 0.546. The van der Waals surface area contributed by atoms with Gasteiger partial charge in [-0.15, -0.1) is 0 Å². The van der Waals surface area contributed by atoms with Gasteiger partial charge >= 0.3 is 5.97 Å². The van der Waals surface area contributed by atoms with E-state index in [1.807, 2.05) is 6.07 Å². The van der Waals surface area contributed by atoms with E-state index in [1.54, 1.807) is 13.2 Å². The number of fused-ring (bicyclic) bond motifs is 1. The molecule has 1 aromatic rings. The molecule has 1 heterocycles. The number of rotatable bonds is 3. The van der Waals surface area contributed by atoms with Crippen LogP contribution in [0, 0.1) is 0 Å². The van der Waals surface area contributed by atoms with Crippen LogP contribution < -0.4 is 9.47 Å². The first-order valence-electron chi connectivity index (χ1n) is 8.21. The number of carbonyl (C=O) groups is 1. The van der Waals surface area contributed by atoms with Gasteiger partial charge in [0.2, 0.25) is 0 Å². The lowest BCUT2D eigenvalue weighted by Gasteiger charge is -2.19. The van der Waals surface area contributed by atoms with Gasteiger partial charge in [0, 0.05) is 6.07 Å². The number of hydrogen-bond acceptors (Lipinski definition) is 4. The summed E-state index contributed by atoms with van der Waals surface area (Å²) in [6.45, 7) is -0.653. The van der Waals surface area contributed by atoms with Gasteiger partial charge in [-0.05, 0) is 37.3 Å². The average molecular weight is 324 g/mol. The maximum absolute atomic E-state index is 13.1. The molecule has 1 aromatic carbocycles. The molecule has 0 amide bonds. The zero-order chi connectivity index (χ0) is 16.7. The van der Waals surface area contributed by atoms with Crippen LogP contribution in [-0.4, -0.2) is 33.0 Å². The van der Waals surface area contributed by atoms with Crippen LogP contribution in [0.4, 0.5) is 4.39 Å². The molecular formula is C18H25FO4. The molecule has 128 valence electrons. The van der Waals surface area contributed by atoms with Crippen LogP contribution in [0.1, 0.15) is 54.4 Å². The molecule has 1 aliphatic heterocycles. The Labute approximate surface area is 136 Å². The van der Waals surface area contributed by atoms with Crippen LogP contribution in [0.2, 0.25) is 0 Å². The SMILES string of the molecule is COc1cc2c(c(OC)c1)C(=O)OC(CF)CCCCCCC2. The van der Waals surface area contributed by atoms with E-state index in [2.05, 4.69) is 0 Å². The first-order valence-corrected chi connectivity index (χ1v) is 8.21. The van der Waals surface area contributed by atoms with Crippen LogP contribution in [0.25, 0.3) is 0 Å². The lowest BCUT2D eigenvalue weighted by molar-refractivity contribution is 0.0206. The van der Waals surface area contributed by atoms with Gasteiger partial charge in [0.05, 0.1) is 14.2 Å². The van der Waals surface area contributed by atoms with Crippen molar-refractivity contribution in [1.29, 1.82) is 0 Å². The minimum absolute atomic E-state index is 0.396. The van der Waals surface area contributed by atoms with Crippen molar-refractivity contribution in [1.82, 2.24) is 0 Å². The van der Waals surface area contributed by atoms with Crippen molar-refractivity contribution in [2.24, 2.45) is 0 Å². The van der Waals surface area contributed by atoms with Crippen molar-refractivity contribution >= 4 is 5.97 Å². The third kappa shape index (κ3) is 4.60. The number of esters is 1. The molecule has 0 aliphatic carbocycles. The topological polar surface area (TPSA) is 44.8 Å². The predicted molar refractivity (Wildman–Crippen MR) is 86.1 cm³/mol. The van der Waals surface area contributed by atoms with Crippen molar-refractivity contribution in [3.63, 3.8) is 0 Å². The predicted octanol–water partition coefficient (Wildman–Crippen LogP) is 4.10. The largest absolute Gasteiger partial charge is 0.497 e. The average Bonchev–Trinajstić information content (AvgIpc) is 2.57. The van der Waals surface area contributed by atoms with E-state index in [0.29, 0.717) is 23.5 Å². The molecule has 0 saturated heterocycles. The van der Waals surface area contributed by atoms with Gasteiger partial charge in [0.25, 0.3) is 0 Å². The first kappa shape index (κ1) is 17.6. The van der Waals surface area contributed by atoms with E-state index >= 15 is 0 Å². The van der Waals surface area contributed by atoms with Gasteiger partial charge in [0.15, 0.2) is 0 Å².